The van der Waals surface area contributed by atoms with Crippen LogP contribution >= 0.6 is 0 Å². The van der Waals surface area contributed by atoms with Crippen molar-refractivity contribution in [3.63, 3.8) is 0 Å². The smallest absolute Gasteiger partial charge is 0.264 e. The maximum absolute atomic E-state index is 13.8. The van der Waals surface area contributed by atoms with Crippen LogP contribution in [0.1, 0.15) is 51.2 Å². The van der Waals surface area contributed by atoms with Crippen LogP contribution in [0.2, 0.25) is 0 Å². The van der Waals surface area contributed by atoms with E-state index in [1.165, 1.54) is 4.31 Å². The summed E-state index contributed by atoms with van der Waals surface area (Å²) in [5.74, 6) is 0.492. The Morgan fingerprint density at radius 1 is 1.24 bits per heavy atom. The van der Waals surface area contributed by atoms with E-state index in [2.05, 4.69) is 29.6 Å². The number of sulfonamides is 1. The Morgan fingerprint density at radius 2 is 2.00 bits per heavy atom. The van der Waals surface area contributed by atoms with Crippen molar-refractivity contribution in [3.8, 4) is 0 Å². The highest BCUT2D eigenvalue weighted by Gasteiger charge is 2.27. The van der Waals surface area contributed by atoms with E-state index in [-0.39, 0.29) is 16.9 Å². The first-order chi connectivity index (χ1) is 15.8. The summed E-state index contributed by atoms with van der Waals surface area (Å²) in [6, 6.07) is 5.55. The molecule has 1 atom stereocenters. The third-order valence-corrected chi connectivity index (χ3v) is 7.74. The van der Waals surface area contributed by atoms with Gasteiger partial charge in [0.25, 0.3) is 10.0 Å². The second kappa shape index (κ2) is 11.7. The predicted molar refractivity (Wildman–Crippen MR) is 135 cm³/mol. The molecule has 6 nitrogen and oxygen atoms in total. The predicted octanol–water partition coefficient (Wildman–Crippen LogP) is 4.78. The Morgan fingerprint density at radius 3 is 2.70 bits per heavy atom. The first kappa shape index (κ1) is 25.2. The van der Waals surface area contributed by atoms with Crippen LogP contribution in [0.5, 0.6) is 0 Å². The van der Waals surface area contributed by atoms with E-state index in [4.69, 9.17) is 4.74 Å². The zero-order valence-electron chi connectivity index (χ0n) is 20.2. The van der Waals surface area contributed by atoms with Crippen molar-refractivity contribution >= 4 is 16.2 Å². The van der Waals surface area contributed by atoms with Gasteiger partial charge in [0.15, 0.2) is 0 Å². The van der Waals surface area contributed by atoms with Crippen LogP contribution in [0.3, 0.4) is 0 Å². The van der Waals surface area contributed by atoms with Crippen molar-refractivity contribution in [2.75, 3.05) is 19.8 Å². The highest BCUT2D eigenvalue weighted by molar-refractivity contribution is 7.89. The van der Waals surface area contributed by atoms with Crippen molar-refractivity contribution in [2.24, 2.45) is 16.9 Å². The van der Waals surface area contributed by atoms with Crippen LogP contribution in [-0.2, 0) is 14.8 Å². The topological polar surface area (TPSA) is 71.0 Å². The number of aryl methyl sites for hydroxylation is 1. The van der Waals surface area contributed by atoms with Gasteiger partial charge in [0, 0.05) is 25.8 Å². The van der Waals surface area contributed by atoms with Gasteiger partial charge in [-0.3, -0.25) is 4.31 Å². The van der Waals surface area contributed by atoms with Crippen LogP contribution < -0.4 is 5.43 Å². The van der Waals surface area contributed by atoms with E-state index < -0.39 is 10.0 Å². The summed E-state index contributed by atoms with van der Waals surface area (Å²) >= 11 is 0. The van der Waals surface area contributed by atoms with Gasteiger partial charge in [-0.2, -0.15) is 5.10 Å². The Kier molecular flexibility index (Phi) is 8.92. The molecule has 0 radical (unpaired) electrons. The minimum atomic E-state index is -3.74. The van der Waals surface area contributed by atoms with Gasteiger partial charge in [-0.25, -0.2) is 8.42 Å². The van der Waals surface area contributed by atoms with E-state index >= 15 is 0 Å². The minimum absolute atomic E-state index is 0.179. The van der Waals surface area contributed by atoms with Crippen LogP contribution in [0.25, 0.3) is 0 Å². The molecule has 33 heavy (non-hydrogen) atoms. The molecule has 3 rings (SSSR count). The first-order valence-corrected chi connectivity index (χ1v) is 13.3. The molecule has 1 aromatic carbocycles. The van der Waals surface area contributed by atoms with Gasteiger partial charge >= 0.3 is 0 Å². The van der Waals surface area contributed by atoms with Gasteiger partial charge in [0.1, 0.15) is 0 Å². The molecule has 180 valence electrons. The molecule has 0 aromatic heterocycles. The molecule has 7 heteroatoms. The average molecular weight is 472 g/mol. The molecule has 1 fully saturated rings. The summed E-state index contributed by atoms with van der Waals surface area (Å²) in [4.78, 5) is 0.274. The van der Waals surface area contributed by atoms with Crippen molar-refractivity contribution in [1.29, 1.82) is 0 Å². The van der Waals surface area contributed by atoms with Gasteiger partial charge < -0.3 is 10.2 Å². The molecule has 1 saturated heterocycles. The lowest BCUT2D eigenvalue weighted by Gasteiger charge is -2.27. The van der Waals surface area contributed by atoms with E-state index in [1.54, 1.807) is 18.3 Å². The fraction of sp³-hybridized carbons (Fsp3) is 0.500. The Bertz CT molecular complexity index is 1020. The molecule has 1 N–H and O–H groups in total. The van der Waals surface area contributed by atoms with Gasteiger partial charge in [0.2, 0.25) is 0 Å². The molecule has 1 heterocycles. The summed E-state index contributed by atoms with van der Waals surface area (Å²) in [5, 5.41) is 4.39. The largest absolute Gasteiger partial charge is 0.381 e. The SMILES string of the molecule is CCC1C=CC=C(N(CC(C)C)S(=O)(=O)c2ccc(C)c(/C=N\NC3CCOCC3)c2)C=C1. The number of hydrogen-bond donors (Lipinski definition) is 1. The van der Waals surface area contributed by atoms with E-state index in [0.29, 0.717) is 18.2 Å². The standard InChI is InChI=1S/C26H37N3O3S/c1-5-22-7-6-8-25(11-10-22)29(19-20(2)3)33(30,31)26-12-9-21(4)23(17-26)18-27-28-24-13-15-32-16-14-24/h6-12,17-18,20,22,24,28H,5,13-16,19H2,1-4H3/b27-18-. The van der Waals surface area contributed by atoms with Crippen LogP contribution in [-0.4, -0.2) is 44.7 Å². The number of allylic oxidation sites excluding steroid dienone is 5. The molecule has 2 aliphatic rings. The van der Waals surface area contributed by atoms with Crippen molar-refractivity contribution in [1.82, 2.24) is 9.73 Å². The van der Waals surface area contributed by atoms with Crippen LogP contribution in [0.4, 0.5) is 0 Å². The molecule has 1 aliphatic heterocycles. The summed E-state index contributed by atoms with van der Waals surface area (Å²) in [5.41, 5.74) is 5.63. The minimum Gasteiger partial charge on any atom is -0.381 e. The number of hydrogen-bond acceptors (Lipinski definition) is 5. The number of nitrogens with one attached hydrogen (secondary N) is 1. The van der Waals surface area contributed by atoms with E-state index in [9.17, 15) is 8.42 Å². The quantitative estimate of drug-likeness (QED) is 0.416. The number of benzene rings is 1. The van der Waals surface area contributed by atoms with Gasteiger partial charge in [-0.15, -0.1) is 0 Å². The second-order valence-electron chi connectivity index (χ2n) is 9.13. The fourth-order valence-electron chi connectivity index (χ4n) is 3.84. The lowest BCUT2D eigenvalue weighted by atomic mass is 10.1. The normalized spacial score (nSPS) is 19.7. The molecule has 0 saturated carbocycles. The lowest BCUT2D eigenvalue weighted by molar-refractivity contribution is 0.0784. The highest BCUT2D eigenvalue weighted by atomic mass is 32.2. The molecule has 0 spiro atoms. The van der Waals surface area contributed by atoms with Crippen molar-refractivity contribution in [3.05, 3.63) is 65.4 Å². The average Bonchev–Trinajstić information content (AvgIpc) is 3.04. The summed E-state index contributed by atoms with van der Waals surface area (Å²) in [6.45, 7) is 10.0. The number of nitrogens with zero attached hydrogens (tertiary/aromatic N) is 2. The zero-order valence-corrected chi connectivity index (χ0v) is 21.0. The number of ether oxygens (including phenoxy) is 1. The van der Waals surface area contributed by atoms with Gasteiger partial charge in [-0.1, -0.05) is 45.1 Å². The van der Waals surface area contributed by atoms with E-state index in [1.807, 2.05) is 45.1 Å². The zero-order chi connectivity index (χ0) is 23.8. The first-order valence-electron chi connectivity index (χ1n) is 11.9. The highest BCUT2D eigenvalue weighted by Crippen LogP contribution is 2.26. The number of rotatable bonds is 9. The Hall–Kier alpha value is -2.38. The molecule has 1 aliphatic carbocycles. The maximum Gasteiger partial charge on any atom is 0.264 e. The second-order valence-corrected chi connectivity index (χ2v) is 11.0. The third kappa shape index (κ3) is 6.81. The van der Waals surface area contributed by atoms with Gasteiger partial charge in [0.05, 0.1) is 16.8 Å². The van der Waals surface area contributed by atoms with Crippen LogP contribution in [0.15, 0.2) is 64.3 Å². The summed E-state index contributed by atoms with van der Waals surface area (Å²) in [7, 11) is -3.74. The van der Waals surface area contributed by atoms with Crippen LogP contribution in [0, 0.1) is 18.8 Å². The monoisotopic (exact) mass is 471 g/mol. The molecule has 0 amide bonds. The van der Waals surface area contributed by atoms with Crippen molar-refractivity contribution in [2.45, 2.75) is 57.9 Å². The fourth-order valence-corrected chi connectivity index (χ4v) is 5.50. The van der Waals surface area contributed by atoms with E-state index in [0.717, 1.165) is 43.6 Å². The van der Waals surface area contributed by atoms with Gasteiger partial charge in [-0.05, 0) is 73.4 Å². The lowest BCUT2D eigenvalue weighted by Crippen LogP contribution is -2.33. The molecule has 1 unspecified atom stereocenters. The van der Waals surface area contributed by atoms with Crippen molar-refractivity contribution < 1.29 is 13.2 Å². The Labute approximate surface area is 199 Å². The molecule has 1 aromatic rings. The molecule has 0 bridgehead atoms. The maximum atomic E-state index is 13.8. The molecular formula is C26H37N3O3S. The molecular weight excluding hydrogens is 434 g/mol. The third-order valence-electron chi connectivity index (χ3n) is 5.95. The number of hydrazone groups is 1. The summed E-state index contributed by atoms with van der Waals surface area (Å²) in [6.07, 6.45) is 14.5. The Balaban J connectivity index is 1.87. The summed E-state index contributed by atoms with van der Waals surface area (Å²) < 4.78 is 34.4.